The number of nitrogens with one attached hydrogen (secondary N) is 1. The van der Waals surface area contributed by atoms with Crippen LogP contribution in [0.2, 0.25) is 25.7 Å². The number of aryl methyl sites for hydroxylation is 2. The molecular formula is C24H38N4OSSi. The van der Waals surface area contributed by atoms with Gasteiger partial charge in [0.25, 0.3) is 0 Å². The van der Waals surface area contributed by atoms with Crippen LogP contribution < -0.4 is 5.32 Å². The number of hydrogen-bond donors (Lipinski definition) is 1. The van der Waals surface area contributed by atoms with Crippen molar-refractivity contribution in [3.8, 4) is 0 Å². The van der Waals surface area contributed by atoms with Gasteiger partial charge in [0.1, 0.15) is 12.6 Å². The van der Waals surface area contributed by atoms with E-state index >= 15 is 0 Å². The van der Waals surface area contributed by atoms with Gasteiger partial charge in [0.2, 0.25) is 5.95 Å². The average Bonchev–Trinajstić information content (AvgIpc) is 3.45. The Bertz CT molecular complexity index is 874. The van der Waals surface area contributed by atoms with Gasteiger partial charge in [-0.05, 0) is 79.0 Å². The van der Waals surface area contributed by atoms with Gasteiger partial charge in [-0.3, -0.25) is 4.57 Å². The molecule has 5 nitrogen and oxygen atoms in total. The number of aromatic nitrogens is 3. The molecule has 0 atom stereocenters. The third kappa shape index (κ3) is 5.55. The molecule has 0 aliphatic heterocycles. The van der Waals surface area contributed by atoms with E-state index in [0.29, 0.717) is 6.73 Å². The van der Waals surface area contributed by atoms with Crippen LogP contribution in [0, 0.1) is 0 Å². The SMILES string of the molecule is CCCSCc1nnc(Nc2c3c(cc4c2CCC4)CCC3)n1COCC[Si](C)(C)C. The molecule has 0 amide bonds. The van der Waals surface area contributed by atoms with E-state index in [0.717, 1.165) is 29.9 Å². The number of nitrogens with zero attached hydrogens (tertiary/aromatic N) is 3. The van der Waals surface area contributed by atoms with E-state index in [9.17, 15) is 0 Å². The number of rotatable bonds is 11. The second-order valence-corrected chi connectivity index (χ2v) is 16.9. The maximum absolute atomic E-state index is 6.13. The Morgan fingerprint density at radius 1 is 1.06 bits per heavy atom. The highest BCUT2D eigenvalue weighted by atomic mass is 32.2. The molecule has 0 saturated heterocycles. The van der Waals surface area contributed by atoms with E-state index < -0.39 is 8.07 Å². The number of hydrogen-bond acceptors (Lipinski definition) is 5. The summed E-state index contributed by atoms with van der Waals surface area (Å²) in [6.07, 6.45) is 8.47. The molecule has 0 saturated carbocycles. The first kappa shape index (κ1) is 22.9. The standard InChI is InChI=1S/C24H38N4OSSi/c1-5-13-30-16-22-26-27-24(28(22)17-29-12-14-31(2,3)4)25-23-20-10-6-8-18(20)15-19-9-7-11-21(19)23/h15H,5-14,16-17H2,1-4H3,(H,25,27). The van der Waals surface area contributed by atoms with Gasteiger partial charge in [0.15, 0.2) is 0 Å². The fourth-order valence-corrected chi connectivity index (χ4v) is 6.18. The topological polar surface area (TPSA) is 52.0 Å². The lowest BCUT2D eigenvalue weighted by molar-refractivity contribution is 0.0868. The second kappa shape index (κ2) is 10.1. The van der Waals surface area contributed by atoms with Gasteiger partial charge in [0.05, 0.1) is 5.75 Å². The van der Waals surface area contributed by atoms with E-state index in [-0.39, 0.29) is 0 Å². The molecule has 31 heavy (non-hydrogen) atoms. The van der Waals surface area contributed by atoms with Crippen LogP contribution in [-0.4, -0.2) is 35.2 Å². The van der Waals surface area contributed by atoms with Gasteiger partial charge in [-0.1, -0.05) is 32.6 Å². The van der Waals surface area contributed by atoms with Crippen molar-refractivity contribution in [3.05, 3.63) is 34.1 Å². The van der Waals surface area contributed by atoms with Crippen LogP contribution in [-0.2, 0) is 42.9 Å². The zero-order valence-electron chi connectivity index (χ0n) is 19.7. The molecule has 1 heterocycles. The molecule has 170 valence electrons. The number of ether oxygens (including phenoxy) is 1. The summed E-state index contributed by atoms with van der Waals surface area (Å²) >= 11 is 1.92. The molecule has 0 spiro atoms. The van der Waals surface area contributed by atoms with E-state index in [1.165, 1.54) is 67.8 Å². The lowest BCUT2D eigenvalue weighted by Gasteiger charge is -2.19. The lowest BCUT2D eigenvalue weighted by Crippen LogP contribution is -2.22. The first-order chi connectivity index (χ1) is 15.0. The van der Waals surface area contributed by atoms with Crippen molar-refractivity contribution < 1.29 is 4.74 Å². The highest BCUT2D eigenvalue weighted by Gasteiger charge is 2.25. The van der Waals surface area contributed by atoms with Crippen LogP contribution in [0.25, 0.3) is 0 Å². The summed E-state index contributed by atoms with van der Waals surface area (Å²) in [5.74, 6) is 3.88. The Labute approximate surface area is 192 Å². The van der Waals surface area contributed by atoms with Crippen molar-refractivity contribution in [2.45, 2.75) is 90.0 Å². The maximum atomic E-state index is 6.13. The number of fused-ring (bicyclic) bond motifs is 2. The first-order valence-electron chi connectivity index (χ1n) is 12.0. The van der Waals surface area contributed by atoms with Crippen molar-refractivity contribution >= 4 is 31.5 Å². The molecule has 7 heteroatoms. The molecule has 0 fully saturated rings. The molecule has 0 unspecified atom stereocenters. The zero-order valence-corrected chi connectivity index (χ0v) is 21.5. The first-order valence-corrected chi connectivity index (χ1v) is 16.8. The van der Waals surface area contributed by atoms with Gasteiger partial charge >= 0.3 is 0 Å². The lowest BCUT2D eigenvalue weighted by atomic mass is 9.99. The van der Waals surface area contributed by atoms with Gasteiger partial charge in [-0.15, -0.1) is 10.2 Å². The molecule has 4 rings (SSSR count). The molecular weight excluding hydrogens is 420 g/mol. The fourth-order valence-electron chi connectivity index (χ4n) is 4.59. The van der Waals surface area contributed by atoms with E-state index in [2.05, 4.69) is 52.7 Å². The largest absolute Gasteiger partial charge is 0.361 e. The Balaban J connectivity index is 1.57. The predicted octanol–water partition coefficient (Wildman–Crippen LogP) is 5.95. The summed E-state index contributed by atoms with van der Waals surface area (Å²) in [4.78, 5) is 0. The van der Waals surface area contributed by atoms with Crippen LogP contribution in [0.4, 0.5) is 11.6 Å². The van der Waals surface area contributed by atoms with Crippen LogP contribution in [0.5, 0.6) is 0 Å². The van der Waals surface area contributed by atoms with Crippen molar-refractivity contribution in [2.75, 3.05) is 17.7 Å². The van der Waals surface area contributed by atoms with Gasteiger partial charge in [-0.25, -0.2) is 0 Å². The Morgan fingerprint density at radius 3 is 2.42 bits per heavy atom. The molecule has 0 bridgehead atoms. The average molecular weight is 459 g/mol. The summed E-state index contributed by atoms with van der Waals surface area (Å²) in [5.41, 5.74) is 7.43. The number of thioether (sulfide) groups is 1. The number of anilines is 2. The maximum Gasteiger partial charge on any atom is 0.231 e. The molecule has 1 aromatic carbocycles. The predicted molar refractivity (Wildman–Crippen MR) is 134 cm³/mol. The van der Waals surface area contributed by atoms with Crippen LogP contribution in [0.3, 0.4) is 0 Å². The molecule has 2 aliphatic rings. The quantitative estimate of drug-likeness (QED) is 0.333. The number of benzene rings is 1. The van der Waals surface area contributed by atoms with E-state index in [1.807, 2.05) is 11.8 Å². The van der Waals surface area contributed by atoms with Gasteiger partial charge in [-0.2, -0.15) is 11.8 Å². The Kier molecular flexibility index (Phi) is 7.44. The minimum Gasteiger partial charge on any atom is -0.361 e. The van der Waals surface area contributed by atoms with Crippen molar-refractivity contribution in [3.63, 3.8) is 0 Å². The fraction of sp³-hybridized carbons (Fsp3) is 0.667. The summed E-state index contributed by atoms with van der Waals surface area (Å²) in [7, 11) is -1.10. The molecule has 1 N–H and O–H groups in total. The third-order valence-corrected chi connectivity index (χ3v) is 9.20. The van der Waals surface area contributed by atoms with E-state index in [1.54, 1.807) is 11.1 Å². The minimum absolute atomic E-state index is 0.527. The highest BCUT2D eigenvalue weighted by molar-refractivity contribution is 7.98. The summed E-state index contributed by atoms with van der Waals surface area (Å²) < 4.78 is 8.30. The third-order valence-electron chi connectivity index (χ3n) is 6.33. The van der Waals surface area contributed by atoms with Crippen LogP contribution >= 0.6 is 11.8 Å². The minimum atomic E-state index is -1.10. The smallest absolute Gasteiger partial charge is 0.231 e. The van der Waals surface area contributed by atoms with Gasteiger partial charge in [0, 0.05) is 20.4 Å². The monoisotopic (exact) mass is 458 g/mol. The highest BCUT2D eigenvalue weighted by Crippen LogP contribution is 2.39. The zero-order chi connectivity index (χ0) is 21.8. The van der Waals surface area contributed by atoms with E-state index in [4.69, 9.17) is 4.74 Å². The Morgan fingerprint density at radius 2 is 1.77 bits per heavy atom. The normalized spacial score (nSPS) is 15.4. The van der Waals surface area contributed by atoms with Crippen molar-refractivity contribution in [1.29, 1.82) is 0 Å². The summed E-state index contributed by atoms with van der Waals surface area (Å²) in [6.45, 7) is 10.7. The van der Waals surface area contributed by atoms with Crippen molar-refractivity contribution in [1.82, 2.24) is 14.8 Å². The van der Waals surface area contributed by atoms with Crippen LogP contribution in [0.15, 0.2) is 6.07 Å². The van der Waals surface area contributed by atoms with Crippen molar-refractivity contribution in [2.24, 2.45) is 0 Å². The summed E-state index contributed by atoms with van der Waals surface area (Å²) in [6, 6.07) is 3.66. The second-order valence-electron chi connectivity index (χ2n) is 10.1. The Hall–Kier alpha value is -1.31. The van der Waals surface area contributed by atoms with Crippen LogP contribution in [0.1, 0.15) is 54.3 Å². The molecule has 0 radical (unpaired) electrons. The molecule has 1 aromatic heterocycles. The molecule has 2 aliphatic carbocycles. The van der Waals surface area contributed by atoms with Gasteiger partial charge < -0.3 is 10.1 Å². The molecule has 2 aromatic rings. The summed E-state index contributed by atoms with van der Waals surface area (Å²) in [5, 5.41) is 12.9.